The Morgan fingerprint density at radius 3 is 2.25 bits per heavy atom. The monoisotopic (exact) mass is 402 g/mol. The van der Waals surface area contributed by atoms with Crippen LogP contribution in [0, 0.1) is 20.8 Å². The highest BCUT2D eigenvalue weighted by atomic mass is 32.2. The van der Waals surface area contributed by atoms with E-state index in [9.17, 15) is 13.2 Å². The lowest BCUT2D eigenvalue weighted by molar-refractivity contribution is -0.122. The number of sulfonamides is 1. The van der Waals surface area contributed by atoms with Gasteiger partial charge < -0.3 is 5.32 Å². The number of rotatable bonds is 7. The average Bonchev–Trinajstić information content (AvgIpc) is 2.59. The lowest BCUT2D eigenvalue weighted by atomic mass is 9.97. The number of amides is 1. The topological polar surface area (TPSA) is 66.5 Å². The van der Waals surface area contributed by atoms with Crippen LogP contribution in [0.3, 0.4) is 0 Å². The molecular formula is C22H30N2O3S. The van der Waals surface area contributed by atoms with Gasteiger partial charge in [-0.2, -0.15) is 0 Å². The Kier molecular flexibility index (Phi) is 6.88. The number of aryl methyl sites for hydroxylation is 3. The molecule has 6 heteroatoms. The summed E-state index contributed by atoms with van der Waals surface area (Å²) < 4.78 is 26.1. The average molecular weight is 403 g/mol. The van der Waals surface area contributed by atoms with E-state index in [4.69, 9.17) is 0 Å². The molecule has 5 nitrogen and oxygen atoms in total. The number of nitrogens with zero attached hydrogens (tertiary/aromatic N) is 1. The lowest BCUT2D eigenvalue weighted by Gasteiger charge is -2.30. The van der Waals surface area contributed by atoms with Gasteiger partial charge in [-0.1, -0.05) is 42.8 Å². The first-order valence-corrected chi connectivity index (χ1v) is 11.3. The standard InChI is InChI=1S/C22H30N2O3S/c1-7-21(20-12-11-16(3)13-17(20)4)23-22(25)18(5)24(28(6,26)27)19-10-8-9-15(2)14-19/h8-14,18,21H,7H2,1-6H3,(H,23,25). The summed E-state index contributed by atoms with van der Waals surface area (Å²) in [5, 5.41) is 3.03. The number of anilines is 1. The highest BCUT2D eigenvalue weighted by Crippen LogP contribution is 2.25. The van der Waals surface area contributed by atoms with E-state index < -0.39 is 16.1 Å². The van der Waals surface area contributed by atoms with Crippen LogP contribution in [-0.2, 0) is 14.8 Å². The van der Waals surface area contributed by atoms with Crippen molar-refractivity contribution < 1.29 is 13.2 Å². The van der Waals surface area contributed by atoms with Crippen LogP contribution in [-0.4, -0.2) is 26.6 Å². The van der Waals surface area contributed by atoms with Crippen LogP contribution in [0.4, 0.5) is 5.69 Å². The molecule has 152 valence electrons. The van der Waals surface area contributed by atoms with Crippen molar-refractivity contribution in [1.29, 1.82) is 0 Å². The SMILES string of the molecule is CCC(NC(=O)C(C)N(c1cccc(C)c1)S(C)(=O)=O)c1ccc(C)cc1C. The van der Waals surface area contributed by atoms with Crippen molar-refractivity contribution in [2.75, 3.05) is 10.6 Å². The number of benzene rings is 2. The molecule has 28 heavy (non-hydrogen) atoms. The van der Waals surface area contributed by atoms with E-state index in [1.165, 1.54) is 9.87 Å². The molecule has 0 radical (unpaired) electrons. The first-order chi connectivity index (χ1) is 13.0. The normalized spacial score (nSPS) is 13.6. The molecule has 0 saturated carbocycles. The molecule has 2 aromatic carbocycles. The van der Waals surface area contributed by atoms with E-state index in [0.29, 0.717) is 12.1 Å². The molecule has 2 unspecified atom stereocenters. The minimum Gasteiger partial charge on any atom is -0.347 e. The van der Waals surface area contributed by atoms with Crippen molar-refractivity contribution in [2.45, 2.75) is 53.1 Å². The minimum absolute atomic E-state index is 0.172. The van der Waals surface area contributed by atoms with Gasteiger partial charge in [0, 0.05) is 0 Å². The van der Waals surface area contributed by atoms with E-state index in [0.717, 1.165) is 22.9 Å². The number of carbonyl (C=O) groups is 1. The number of hydrogen-bond acceptors (Lipinski definition) is 3. The molecule has 0 aliphatic carbocycles. The Hall–Kier alpha value is -2.34. The largest absolute Gasteiger partial charge is 0.347 e. The molecule has 0 aliphatic heterocycles. The summed E-state index contributed by atoms with van der Waals surface area (Å²) in [5.74, 6) is -0.321. The first-order valence-electron chi connectivity index (χ1n) is 9.48. The highest BCUT2D eigenvalue weighted by molar-refractivity contribution is 7.92. The summed E-state index contributed by atoms with van der Waals surface area (Å²) in [6.07, 6.45) is 1.84. The van der Waals surface area contributed by atoms with Crippen molar-refractivity contribution in [3.05, 3.63) is 64.7 Å². The molecule has 0 spiro atoms. The Bertz CT molecular complexity index is 954. The molecule has 2 aromatic rings. The van der Waals surface area contributed by atoms with Gasteiger partial charge >= 0.3 is 0 Å². The summed E-state index contributed by atoms with van der Waals surface area (Å²) in [6, 6.07) is 12.3. The van der Waals surface area contributed by atoms with Gasteiger partial charge in [-0.3, -0.25) is 9.10 Å². The van der Waals surface area contributed by atoms with Gasteiger partial charge in [0.1, 0.15) is 6.04 Å². The minimum atomic E-state index is -3.63. The molecule has 0 aromatic heterocycles. The molecule has 2 atom stereocenters. The van der Waals surface area contributed by atoms with Crippen molar-refractivity contribution in [2.24, 2.45) is 0 Å². The summed E-state index contributed by atoms with van der Waals surface area (Å²) >= 11 is 0. The van der Waals surface area contributed by atoms with Crippen molar-refractivity contribution in [3.8, 4) is 0 Å². The predicted molar refractivity (Wildman–Crippen MR) is 115 cm³/mol. The van der Waals surface area contributed by atoms with Gasteiger partial charge in [-0.15, -0.1) is 0 Å². The fourth-order valence-corrected chi connectivity index (χ4v) is 4.65. The van der Waals surface area contributed by atoms with Crippen molar-refractivity contribution in [1.82, 2.24) is 5.32 Å². The number of hydrogen-bond donors (Lipinski definition) is 1. The summed E-state index contributed by atoms with van der Waals surface area (Å²) in [7, 11) is -3.63. The van der Waals surface area contributed by atoms with Gasteiger partial charge in [0.2, 0.25) is 15.9 Å². The van der Waals surface area contributed by atoms with Crippen LogP contribution >= 0.6 is 0 Å². The summed E-state index contributed by atoms with van der Waals surface area (Å²) in [5.41, 5.74) is 4.75. The molecule has 1 N–H and O–H groups in total. The quantitative estimate of drug-likeness (QED) is 0.760. The fraction of sp³-hybridized carbons (Fsp3) is 0.409. The highest BCUT2D eigenvalue weighted by Gasteiger charge is 2.30. The zero-order valence-electron chi connectivity index (χ0n) is 17.5. The molecular weight excluding hydrogens is 372 g/mol. The maximum atomic E-state index is 13.0. The lowest BCUT2D eigenvalue weighted by Crippen LogP contribution is -2.48. The van der Waals surface area contributed by atoms with E-state index in [1.54, 1.807) is 25.1 Å². The first kappa shape index (κ1) is 22.0. The summed E-state index contributed by atoms with van der Waals surface area (Å²) in [4.78, 5) is 13.0. The molecule has 1 amide bonds. The Labute approximate surface area is 168 Å². The van der Waals surface area contributed by atoms with Crippen LogP contribution in [0.1, 0.15) is 48.6 Å². The van der Waals surface area contributed by atoms with Crippen LogP contribution in [0.25, 0.3) is 0 Å². The van der Waals surface area contributed by atoms with Crippen molar-refractivity contribution in [3.63, 3.8) is 0 Å². The molecule has 0 heterocycles. The maximum absolute atomic E-state index is 13.0. The van der Waals surface area contributed by atoms with Crippen LogP contribution < -0.4 is 9.62 Å². The second kappa shape index (κ2) is 8.78. The summed E-state index contributed by atoms with van der Waals surface area (Å²) in [6.45, 7) is 9.57. The van der Waals surface area contributed by atoms with E-state index in [2.05, 4.69) is 11.4 Å². The number of nitrogens with one attached hydrogen (secondary N) is 1. The van der Waals surface area contributed by atoms with Crippen LogP contribution in [0.5, 0.6) is 0 Å². The van der Waals surface area contributed by atoms with E-state index >= 15 is 0 Å². The second-order valence-corrected chi connectivity index (χ2v) is 9.26. The third-order valence-electron chi connectivity index (χ3n) is 4.87. The fourth-order valence-electron chi connectivity index (χ4n) is 3.48. The van der Waals surface area contributed by atoms with Crippen LogP contribution in [0.2, 0.25) is 0 Å². The molecule has 2 rings (SSSR count). The van der Waals surface area contributed by atoms with Crippen LogP contribution in [0.15, 0.2) is 42.5 Å². The number of carbonyl (C=O) groups excluding carboxylic acids is 1. The van der Waals surface area contributed by atoms with E-state index in [1.807, 2.05) is 45.9 Å². The smallest absolute Gasteiger partial charge is 0.244 e. The third kappa shape index (κ3) is 5.13. The molecule has 0 saturated heterocycles. The predicted octanol–water partition coefficient (Wildman–Crippen LogP) is 4.03. The van der Waals surface area contributed by atoms with E-state index in [-0.39, 0.29) is 11.9 Å². The van der Waals surface area contributed by atoms with Gasteiger partial charge in [0.15, 0.2) is 0 Å². The molecule has 0 fully saturated rings. The zero-order valence-corrected chi connectivity index (χ0v) is 18.3. The Morgan fingerprint density at radius 2 is 1.71 bits per heavy atom. The van der Waals surface area contributed by atoms with Gasteiger partial charge in [-0.05, 0) is 62.9 Å². The molecule has 0 bridgehead atoms. The maximum Gasteiger partial charge on any atom is 0.244 e. The Balaban J connectivity index is 2.31. The Morgan fingerprint density at radius 1 is 1.07 bits per heavy atom. The second-order valence-electron chi connectivity index (χ2n) is 7.40. The third-order valence-corrected chi connectivity index (χ3v) is 6.11. The van der Waals surface area contributed by atoms with Crippen molar-refractivity contribution >= 4 is 21.6 Å². The van der Waals surface area contributed by atoms with Gasteiger partial charge in [0.05, 0.1) is 18.0 Å². The van der Waals surface area contributed by atoms with Gasteiger partial charge in [0.25, 0.3) is 0 Å². The van der Waals surface area contributed by atoms with Gasteiger partial charge in [-0.25, -0.2) is 8.42 Å². The molecule has 0 aliphatic rings. The zero-order chi connectivity index (χ0) is 21.1.